The minimum absolute atomic E-state index is 0.0727. The van der Waals surface area contributed by atoms with E-state index in [2.05, 4.69) is 15.3 Å². The first kappa shape index (κ1) is 12.2. The van der Waals surface area contributed by atoms with E-state index in [0.29, 0.717) is 0 Å². The van der Waals surface area contributed by atoms with Gasteiger partial charge in [0.1, 0.15) is 5.82 Å². The van der Waals surface area contributed by atoms with Gasteiger partial charge in [0, 0.05) is 17.4 Å². The number of thioether (sulfide) groups is 1. The highest BCUT2D eigenvalue weighted by Crippen LogP contribution is 2.30. The minimum Gasteiger partial charge on any atom is -0.311 e. The van der Waals surface area contributed by atoms with E-state index in [9.17, 15) is 4.79 Å². The molecule has 0 spiro atoms. The normalized spacial score (nSPS) is 20.0. The second kappa shape index (κ2) is 5.45. The number of aromatic amines is 1. The largest absolute Gasteiger partial charge is 0.311 e. The average molecular weight is 265 g/mol. The summed E-state index contributed by atoms with van der Waals surface area (Å²) in [5, 5.41) is 4.04. The number of aromatic nitrogens is 2. The van der Waals surface area contributed by atoms with Crippen LogP contribution in [0, 0.1) is 0 Å². The van der Waals surface area contributed by atoms with Crippen LogP contribution < -0.4 is 10.9 Å². The SMILES string of the molecule is O=c1[nH]c(CSC2CCCC2)nc2c1CCNC2. The van der Waals surface area contributed by atoms with Gasteiger partial charge in [0.25, 0.3) is 5.56 Å². The van der Waals surface area contributed by atoms with Crippen LogP contribution in [-0.2, 0) is 18.7 Å². The monoisotopic (exact) mass is 265 g/mol. The Morgan fingerprint density at radius 3 is 3.00 bits per heavy atom. The van der Waals surface area contributed by atoms with Crippen LogP contribution >= 0.6 is 11.8 Å². The third-order valence-corrected chi connectivity index (χ3v) is 5.14. The Balaban J connectivity index is 1.72. The van der Waals surface area contributed by atoms with Crippen molar-refractivity contribution in [2.45, 2.75) is 49.7 Å². The van der Waals surface area contributed by atoms with Crippen LogP contribution in [0.2, 0.25) is 0 Å². The number of H-pyrrole nitrogens is 1. The molecule has 1 aromatic rings. The number of hydrogen-bond donors (Lipinski definition) is 2. The quantitative estimate of drug-likeness (QED) is 0.871. The molecule has 5 heteroatoms. The van der Waals surface area contributed by atoms with Crippen LogP contribution in [-0.4, -0.2) is 21.8 Å². The van der Waals surface area contributed by atoms with Crippen molar-refractivity contribution in [1.29, 1.82) is 0 Å². The van der Waals surface area contributed by atoms with Gasteiger partial charge in [-0.25, -0.2) is 4.98 Å². The molecule has 1 aliphatic carbocycles. The summed E-state index contributed by atoms with van der Waals surface area (Å²) in [4.78, 5) is 19.5. The van der Waals surface area contributed by atoms with Gasteiger partial charge in [-0.2, -0.15) is 11.8 Å². The molecule has 4 nitrogen and oxygen atoms in total. The second-order valence-corrected chi connectivity index (χ2v) is 6.37. The van der Waals surface area contributed by atoms with Crippen molar-refractivity contribution in [2.75, 3.05) is 6.54 Å². The van der Waals surface area contributed by atoms with Crippen molar-refractivity contribution in [3.8, 4) is 0 Å². The lowest BCUT2D eigenvalue weighted by Crippen LogP contribution is -2.31. The molecule has 0 aromatic carbocycles. The summed E-state index contributed by atoms with van der Waals surface area (Å²) in [6, 6.07) is 0. The van der Waals surface area contributed by atoms with Crippen molar-refractivity contribution in [1.82, 2.24) is 15.3 Å². The maximum Gasteiger partial charge on any atom is 0.254 e. The molecule has 1 aliphatic heterocycles. The summed E-state index contributed by atoms with van der Waals surface area (Å²) in [7, 11) is 0. The molecule has 0 bridgehead atoms. The van der Waals surface area contributed by atoms with E-state index in [1.807, 2.05) is 11.8 Å². The Morgan fingerprint density at radius 2 is 2.17 bits per heavy atom. The Hall–Kier alpha value is -0.810. The van der Waals surface area contributed by atoms with E-state index in [1.165, 1.54) is 25.7 Å². The number of nitrogens with zero attached hydrogens (tertiary/aromatic N) is 1. The number of hydrogen-bond acceptors (Lipinski definition) is 4. The van der Waals surface area contributed by atoms with Gasteiger partial charge in [0.05, 0.1) is 11.4 Å². The zero-order chi connectivity index (χ0) is 12.4. The summed E-state index contributed by atoms with van der Waals surface area (Å²) in [5.41, 5.74) is 1.90. The first-order valence-corrected chi connectivity index (χ1v) is 7.81. The fourth-order valence-electron chi connectivity index (χ4n) is 2.74. The van der Waals surface area contributed by atoms with Crippen LogP contribution in [0.3, 0.4) is 0 Å². The predicted octanol–water partition coefficient (Wildman–Crippen LogP) is 1.59. The molecular formula is C13H19N3OS. The molecule has 1 aromatic heterocycles. The smallest absolute Gasteiger partial charge is 0.254 e. The predicted molar refractivity (Wildman–Crippen MR) is 73.8 cm³/mol. The molecule has 18 heavy (non-hydrogen) atoms. The van der Waals surface area contributed by atoms with Gasteiger partial charge in [0.15, 0.2) is 0 Å². The third kappa shape index (κ3) is 2.62. The van der Waals surface area contributed by atoms with Crippen molar-refractivity contribution in [3.05, 3.63) is 27.4 Å². The van der Waals surface area contributed by atoms with Crippen LogP contribution in [0.1, 0.15) is 42.8 Å². The Kier molecular flexibility index (Phi) is 3.70. The van der Waals surface area contributed by atoms with E-state index in [1.54, 1.807) is 0 Å². The summed E-state index contributed by atoms with van der Waals surface area (Å²) in [5.74, 6) is 1.69. The molecule has 1 saturated carbocycles. The van der Waals surface area contributed by atoms with Gasteiger partial charge >= 0.3 is 0 Å². The summed E-state index contributed by atoms with van der Waals surface area (Å²) >= 11 is 1.94. The molecule has 2 aliphatic rings. The Labute approximate surface area is 111 Å². The van der Waals surface area contributed by atoms with Crippen molar-refractivity contribution in [3.63, 3.8) is 0 Å². The van der Waals surface area contributed by atoms with E-state index in [4.69, 9.17) is 0 Å². The van der Waals surface area contributed by atoms with Gasteiger partial charge < -0.3 is 10.3 Å². The molecular weight excluding hydrogens is 246 g/mol. The van der Waals surface area contributed by atoms with E-state index in [0.717, 1.165) is 47.6 Å². The van der Waals surface area contributed by atoms with E-state index in [-0.39, 0.29) is 5.56 Å². The topological polar surface area (TPSA) is 57.8 Å². The number of rotatable bonds is 3. The van der Waals surface area contributed by atoms with Crippen molar-refractivity contribution in [2.24, 2.45) is 0 Å². The van der Waals surface area contributed by atoms with Crippen molar-refractivity contribution >= 4 is 11.8 Å². The number of fused-ring (bicyclic) bond motifs is 1. The fourth-order valence-corrected chi connectivity index (χ4v) is 3.94. The molecule has 0 saturated heterocycles. The average Bonchev–Trinajstić information content (AvgIpc) is 2.90. The minimum atomic E-state index is 0.0727. The molecule has 2 heterocycles. The fraction of sp³-hybridized carbons (Fsp3) is 0.692. The zero-order valence-electron chi connectivity index (χ0n) is 10.5. The lowest BCUT2D eigenvalue weighted by molar-refractivity contribution is 0.614. The first-order valence-electron chi connectivity index (χ1n) is 6.76. The second-order valence-electron chi connectivity index (χ2n) is 5.08. The van der Waals surface area contributed by atoms with Crippen molar-refractivity contribution < 1.29 is 0 Å². The molecule has 0 atom stereocenters. The number of nitrogens with one attached hydrogen (secondary N) is 2. The summed E-state index contributed by atoms with van der Waals surface area (Å²) in [6.07, 6.45) is 6.15. The van der Waals surface area contributed by atoms with E-state index >= 15 is 0 Å². The highest BCUT2D eigenvalue weighted by molar-refractivity contribution is 7.99. The Morgan fingerprint density at radius 1 is 1.33 bits per heavy atom. The molecule has 0 amide bonds. The highest BCUT2D eigenvalue weighted by atomic mass is 32.2. The molecule has 3 rings (SSSR count). The zero-order valence-corrected chi connectivity index (χ0v) is 11.3. The van der Waals surface area contributed by atoms with Crippen LogP contribution in [0.25, 0.3) is 0 Å². The molecule has 1 fully saturated rings. The summed E-state index contributed by atoms with van der Waals surface area (Å²) < 4.78 is 0. The third-order valence-electron chi connectivity index (χ3n) is 3.75. The maximum atomic E-state index is 11.9. The van der Waals surface area contributed by atoms with Crippen LogP contribution in [0.4, 0.5) is 0 Å². The molecule has 0 unspecified atom stereocenters. The molecule has 2 N–H and O–H groups in total. The van der Waals surface area contributed by atoms with Gasteiger partial charge in [-0.05, 0) is 25.8 Å². The summed E-state index contributed by atoms with van der Waals surface area (Å²) in [6.45, 7) is 1.62. The standard InChI is InChI=1S/C13H19N3OS/c17-13-10-5-6-14-7-11(10)15-12(16-13)8-18-9-3-1-2-4-9/h9,14H,1-8H2,(H,15,16,17). The maximum absolute atomic E-state index is 11.9. The van der Waals surface area contributed by atoms with Crippen LogP contribution in [0.15, 0.2) is 4.79 Å². The molecule has 98 valence electrons. The first-order chi connectivity index (χ1) is 8.83. The van der Waals surface area contributed by atoms with Crippen LogP contribution in [0.5, 0.6) is 0 Å². The van der Waals surface area contributed by atoms with Gasteiger partial charge in [-0.15, -0.1) is 0 Å². The van der Waals surface area contributed by atoms with Gasteiger partial charge in [-0.1, -0.05) is 12.8 Å². The lowest BCUT2D eigenvalue weighted by atomic mass is 10.1. The lowest BCUT2D eigenvalue weighted by Gasteiger charge is -2.16. The van der Waals surface area contributed by atoms with E-state index < -0.39 is 0 Å². The highest BCUT2D eigenvalue weighted by Gasteiger charge is 2.18. The van der Waals surface area contributed by atoms with Gasteiger partial charge in [-0.3, -0.25) is 4.79 Å². The molecule has 0 radical (unpaired) electrons. The Bertz CT molecular complexity index is 480. The van der Waals surface area contributed by atoms with Gasteiger partial charge in [0.2, 0.25) is 0 Å².